The molecule has 1 aromatic heterocycles. The molecule has 1 aromatic carbocycles. The van der Waals surface area contributed by atoms with Crippen LogP contribution in [0.25, 0.3) is 0 Å². The van der Waals surface area contributed by atoms with Crippen LogP contribution in [-0.2, 0) is 29.1 Å². The maximum atomic E-state index is 13.0. The molecule has 1 atom stereocenters. The fourth-order valence-corrected chi connectivity index (χ4v) is 4.94. The average molecular weight is 427 g/mol. The second kappa shape index (κ2) is 9.27. The van der Waals surface area contributed by atoms with Crippen molar-refractivity contribution in [3.63, 3.8) is 0 Å². The van der Waals surface area contributed by atoms with Crippen LogP contribution in [0, 0.1) is 12.8 Å². The van der Waals surface area contributed by atoms with Crippen molar-refractivity contribution in [3.05, 3.63) is 51.5 Å². The van der Waals surface area contributed by atoms with Gasteiger partial charge in [-0.1, -0.05) is 36.8 Å². The summed E-state index contributed by atoms with van der Waals surface area (Å²) in [6, 6.07) is 8.24. The van der Waals surface area contributed by atoms with Crippen LogP contribution in [0.3, 0.4) is 0 Å². The molecule has 3 heterocycles. The van der Waals surface area contributed by atoms with Gasteiger partial charge in [-0.05, 0) is 18.9 Å². The molecule has 2 saturated heterocycles. The van der Waals surface area contributed by atoms with Crippen LogP contribution in [0.1, 0.15) is 35.2 Å². The Morgan fingerprint density at radius 3 is 2.53 bits per heavy atom. The van der Waals surface area contributed by atoms with Gasteiger partial charge in [0.05, 0.1) is 16.6 Å². The third-order valence-corrected chi connectivity index (χ3v) is 7.07. The number of aromatic nitrogens is 1. The molecule has 1 unspecified atom stereocenters. The average Bonchev–Trinajstić information content (AvgIpc) is 3.36. The predicted octanol–water partition coefficient (Wildman–Crippen LogP) is 2.71. The number of hydrogen-bond acceptors (Lipinski definition) is 5. The van der Waals surface area contributed by atoms with E-state index in [0.29, 0.717) is 19.5 Å². The number of likely N-dealkylation sites (tertiary alicyclic amines) is 1. The third-order valence-electron chi connectivity index (χ3n) is 6.03. The quantitative estimate of drug-likeness (QED) is 0.713. The molecule has 2 aliphatic rings. The minimum atomic E-state index is -0.208. The number of thiazole rings is 1. The Morgan fingerprint density at radius 2 is 1.87 bits per heavy atom. The summed E-state index contributed by atoms with van der Waals surface area (Å²) in [6.07, 6.45) is 1.32. The molecule has 0 saturated carbocycles. The van der Waals surface area contributed by atoms with Crippen LogP contribution < -0.4 is 0 Å². The van der Waals surface area contributed by atoms with Crippen LogP contribution in [-0.4, -0.2) is 64.2 Å². The normalized spacial score (nSPS) is 20.2. The number of rotatable bonds is 6. The summed E-state index contributed by atoms with van der Waals surface area (Å²) in [7, 11) is 0. The van der Waals surface area contributed by atoms with Gasteiger partial charge < -0.3 is 9.80 Å². The topological polar surface area (TPSA) is 56.8 Å². The van der Waals surface area contributed by atoms with E-state index in [1.165, 1.54) is 10.6 Å². The lowest BCUT2D eigenvalue weighted by atomic mass is 10.1. The van der Waals surface area contributed by atoms with Gasteiger partial charge >= 0.3 is 0 Å². The van der Waals surface area contributed by atoms with E-state index < -0.39 is 0 Å². The maximum Gasteiger partial charge on any atom is 0.228 e. The van der Waals surface area contributed by atoms with Crippen molar-refractivity contribution >= 4 is 23.2 Å². The Labute approximate surface area is 182 Å². The number of carbonyl (C=O) groups is 2. The fourth-order valence-electron chi connectivity index (χ4n) is 4.20. The molecule has 160 valence electrons. The molecule has 2 fully saturated rings. The smallest absolute Gasteiger partial charge is 0.228 e. The zero-order valence-corrected chi connectivity index (χ0v) is 18.7. The van der Waals surface area contributed by atoms with E-state index in [1.54, 1.807) is 11.3 Å². The highest BCUT2D eigenvalue weighted by atomic mass is 32.1. The lowest BCUT2D eigenvalue weighted by Gasteiger charge is -2.35. The van der Waals surface area contributed by atoms with Crippen LogP contribution in [0.5, 0.6) is 0 Å². The summed E-state index contributed by atoms with van der Waals surface area (Å²) in [4.78, 5) is 36.3. The first-order valence-corrected chi connectivity index (χ1v) is 11.7. The van der Waals surface area contributed by atoms with Gasteiger partial charge in [0.1, 0.15) is 0 Å². The molecule has 6 nitrogen and oxygen atoms in total. The van der Waals surface area contributed by atoms with Crippen molar-refractivity contribution < 1.29 is 9.59 Å². The second-order valence-electron chi connectivity index (χ2n) is 8.35. The van der Waals surface area contributed by atoms with E-state index >= 15 is 0 Å². The number of aryl methyl sites for hydroxylation is 2. The molecule has 0 spiro atoms. The number of amides is 2. The highest BCUT2D eigenvalue weighted by Gasteiger charge is 2.37. The largest absolute Gasteiger partial charge is 0.340 e. The number of nitrogens with zero attached hydrogens (tertiary/aromatic N) is 4. The van der Waals surface area contributed by atoms with Gasteiger partial charge in [-0.2, -0.15) is 0 Å². The molecule has 4 rings (SSSR count). The van der Waals surface area contributed by atoms with Crippen molar-refractivity contribution in [1.82, 2.24) is 19.7 Å². The monoisotopic (exact) mass is 426 g/mol. The Balaban J connectivity index is 1.26. The molecule has 0 bridgehead atoms. The van der Waals surface area contributed by atoms with Crippen molar-refractivity contribution in [1.29, 1.82) is 0 Å². The first-order valence-electron chi connectivity index (χ1n) is 10.8. The molecule has 2 aliphatic heterocycles. The fraction of sp³-hybridized carbons (Fsp3) is 0.522. The molecular formula is C23H30N4O2S. The van der Waals surface area contributed by atoms with Crippen molar-refractivity contribution in [2.24, 2.45) is 5.92 Å². The third kappa shape index (κ3) is 4.90. The Bertz CT molecular complexity index is 887. The molecule has 2 aromatic rings. The Hall–Kier alpha value is -2.25. The van der Waals surface area contributed by atoms with Gasteiger partial charge in [0.2, 0.25) is 11.8 Å². The molecule has 0 N–H and O–H groups in total. The molecule has 30 heavy (non-hydrogen) atoms. The van der Waals surface area contributed by atoms with Crippen molar-refractivity contribution in [2.75, 3.05) is 32.7 Å². The summed E-state index contributed by atoms with van der Waals surface area (Å²) in [5.74, 6) is 0.0132. The molecular weight excluding hydrogens is 396 g/mol. The predicted molar refractivity (Wildman–Crippen MR) is 118 cm³/mol. The van der Waals surface area contributed by atoms with E-state index in [1.807, 2.05) is 9.80 Å². The van der Waals surface area contributed by atoms with Crippen LogP contribution in [0.2, 0.25) is 0 Å². The van der Waals surface area contributed by atoms with E-state index in [0.717, 1.165) is 50.4 Å². The molecule has 0 aliphatic carbocycles. The lowest BCUT2D eigenvalue weighted by molar-refractivity contribution is -0.137. The van der Waals surface area contributed by atoms with Gasteiger partial charge in [-0.15, -0.1) is 11.3 Å². The van der Waals surface area contributed by atoms with Crippen LogP contribution in [0.4, 0.5) is 0 Å². The zero-order valence-electron chi connectivity index (χ0n) is 17.8. The lowest BCUT2D eigenvalue weighted by Crippen LogP contribution is -2.50. The van der Waals surface area contributed by atoms with Gasteiger partial charge in [-0.3, -0.25) is 14.5 Å². The van der Waals surface area contributed by atoms with Crippen LogP contribution >= 0.6 is 11.3 Å². The number of piperazine rings is 1. The Morgan fingerprint density at radius 1 is 1.13 bits per heavy atom. The summed E-state index contributed by atoms with van der Waals surface area (Å²) in [5, 5.41) is 3.32. The SMILES string of the molecule is CCc1nc(CN2CCN(C(=O)C3CC(=O)N(Cc4ccc(C)cc4)C3)CC2)cs1. The van der Waals surface area contributed by atoms with Crippen molar-refractivity contribution in [3.8, 4) is 0 Å². The van der Waals surface area contributed by atoms with Gasteiger partial charge in [0.15, 0.2) is 0 Å². The van der Waals surface area contributed by atoms with Crippen LogP contribution in [0.15, 0.2) is 29.6 Å². The van der Waals surface area contributed by atoms with E-state index in [9.17, 15) is 9.59 Å². The summed E-state index contributed by atoms with van der Waals surface area (Å²) >= 11 is 1.72. The Kier molecular flexibility index (Phi) is 6.49. The number of benzene rings is 1. The van der Waals surface area contributed by atoms with E-state index in [-0.39, 0.29) is 17.7 Å². The maximum absolute atomic E-state index is 13.0. The zero-order chi connectivity index (χ0) is 21.1. The van der Waals surface area contributed by atoms with E-state index in [4.69, 9.17) is 0 Å². The summed E-state index contributed by atoms with van der Waals surface area (Å²) in [6.45, 7) is 9.33. The first-order chi connectivity index (χ1) is 14.5. The standard InChI is InChI=1S/C23H30N4O2S/c1-3-21-24-20(16-30-21)15-25-8-10-26(11-9-25)23(29)19-12-22(28)27(14-19)13-18-6-4-17(2)5-7-18/h4-7,16,19H,3,8-15H2,1-2H3. The first kappa shape index (κ1) is 21.0. The minimum absolute atomic E-state index is 0.0859. The van der Waals surface area contributed by atoms with Gasteiger partial charge in [0, 0.05) is 57.6 Å². The highest BCUT2D eigenvalue weighted by Crippen LogP contribution is 2.23. The molecule has 2 amide bonds. The number of carbonyl (C=O) groups excluding carboxylic acids is 2. The molecule has 7 heteroatoms. The summed E-state index contributed by atoms with van der Waals surface area (Å²) < 4.78 is 0. The van der Waals surface area contributed by atoms with Gasteiger partial charge in [-0.25, -0.2) is 4.98 Å². The second-order valence-corrected chi connectivity index (χ2v) is 9.29. The number of hydrogen-bond donors (Lipinski definition) is 0. The van der Waals surface area contributed by atoms with E-state index in [2.05, 4.69) is 53.4 Å². The van der Waals surface area contributed by atoms with Crippen molar-refractivity contribution in [2.45, 2.75) is 39.8 Å². The summed E-state index contributed by atoms with van der Waals surface area (Å²) in [5.41, 5.74) is 3.45. The van der Waals surface area contributed by atoms with Gasteiger partial charge in [0.25, 0.3) is 0 Å². The molecule has 0 radical (unpaired) electrons. The minimum Gasteiger partial charge on any atom is -0.340 e. The highest BCUT2D eigenvalue weighted by molar-refractivity contribution is 7.09.